The van der Waals surface area contributed by atoms with Crippen molar-refractivity contribution >= 4 is 52.7 Å². The highest BCUT2D eigenvalue weighted by molar-refractivity contribution is 6.36. The van der Waals surface area contributed by atoms with Crippen LogP contribution in [0.5, 0.6) is 5.75 Å². The first-order chi connectivity index (χ1) is 18.3. The summed E-state index contributed by atoms with van der Waals surface area (Å²) >= 11 is 12.3. The van der Waals surface area contributed by atoms with Gasteiger partial charge in [-0.2, -0.15) is 0 Å². The lowest BCUT2D eigenvalue weighted by Gasteiger charge is -2.19. The summed E-state index contributed by atoms with van der Waals surface area (Å²) in [6, 6.07) is 10.6. The van der Waals surface area contributed by atoms with Crippen LogP contribution in [0.1, 0.15) is 48.4 Å². The molecule has 12 heteroatoms. The highest BCUT2D eigenvalue weighted by Gasteiger charge is 2.25. The van der Waals surface area contributed by atoms with Crippen LogP contribution in [0, 0.1) is 0 Å². The van der Waals surface area contributed by atoms with E-state index in [0.29, 0.717) is 33.8 Å². The van der Waals surface area contributed by atoms with E-state index < -0.39 is 52.4 Å². The second-order valence-electron chi connectivity index (χ2n) is 8.84. The van der Waals surface area contributed by atoms with E-state index in [4.69, 9.17) is 27.9 Å². The van der Waals surface area contributed by atoms with E-state index in [1.165, 1.54) is 18.2 Å². The Kier molecular flexibility index (Phi) is 9.18. The van der Waals surface area contributed by atoms with E-state index in [9.17, 15) is 34.5 Å². The Balaban J connectivity index is 2.11. The molecule has 0 spiro atoms. The van der Waals surface area contributed by atoms with Crippen molar-refractivity contribution < 1.29 is 39.2 Å². The highest BCUT2D eigenvalue weighted by atomic mass is 35.5. The third kappa shape index (κ3) is 7.05. The van der Waals surface area contributed by atoms with Gasteiger partial charge in [-0.3, -0.25) is 4.79 Å². The SMILES string of the molecule is CC(CN(C)C)OC(=O)c1ccc(-c2ccc(Cl)cc2Cl)cc1NC(=O)c1cc(C(=O)O)c(O)cc1C(=O)O. The Morgan fingerprint density at radius 2 is 1.56 bits per heavy atom. The number of ether oxygens (including phenoxy) is 1. The Labute approximate surface area is 233 Å². The summed E-state index contributed by atoms with van der Waals surface area (Å²) in [7, 11) is 3.62. The van der Waals surface area contributed by atoms with Gasteiger partial charge in [0.2, 0.25) is 0 Å². The number of halogens is 2. The molecule has 3 aromatic rings. The molecule has 0 fully saturated rings. The predicted octanol–water partition coefficient (Wildman–Crippen LogP) is 5.12. The largest absolute Gasteiger partial charge is 0.507 e. The van der Waals surface area contributed by atoms with Crippen molar-refractivity contribution in [2.24, 2.45) is 0 Å². The fraction of sp³-hybridized carbons (Fsp3) is 0.185. The average Bonchev–Trinajstić information content (AvgIpc) is 2.82. The van der Waals surface area contributed by atoms with Gasteiger partial charge in [-0.05, 0) is 63.0 Å². The number of carboxylic acid groups (broad SMARTS) is 2. The van der Waals surface area contributed by atoms with Gasteiger partial charge in [0.15, 0.2) is 0 Å². The number of hydrogen-bond donors (Lipinski definition) is 4. The number of likely N-dealkylation sites (N-methyl/N-ethyl adjacent to an activating group) is 1. The van der Waals surface area contributed by atoms with Crippen LogP contribution in [-0.4, -0.2) is 70.8 Å². The number of amides is 1. The number of aromatic carboxylic acids is 2. The molecule has 0 saturated heterocycles. The first kappa shape index (κ1) is 29.4. The van der Waals surface area contributed by atoms with Crippen molar-refractivity contribution in [3.05, 3.63) is 80.8 Å². The van der Waals surface area contributed by atoms with E-state index in [1.807, 2.05) is 19.0 Å². The maximum atomic E-state index is 13.3. The van der Waals surface area contributed by atoms with E-state index in [2.05, 4.69) is 5.32 Å². The number of carboxylic acids is 2. The lowest BCUT2D eigenvalue weighted by molar-refractivity contribution is 0.0290. The molecule has 0 aliphatic rings. The van der Waals surface area contributed by atoms with Crippen LogP contribution in [0.3, 0.4) is 0 Å². The van der Waals surface area contributed by atoms with Crippen LogP contribution in [0.15, 0.2) is 48.5 Å². The molecule has 3 rings (SSSR count). The van der Waals surface area contributed by atoms with Crippen molar-refractivity contribution in [2.75, 3.05) is 26.0 Å². The normalized spacial score (nSPS) is 11.6. The molecule has 0 heterocycles. The number of anilines is 1. The summed E-state index contributed by atoms with van der Waals surface area (Å²) < 4.78 is 5.51. The van der Waals surface area contributed by atoms with Crippen LogP contribution >= 0.6 is 23.2 Å². The highest BCUT2D eigenvalue weighted by Crippen LogP contribution is 2.34. The third-order valence-electron chi connectivity index (χ3n) is 5.50. The second-order valence-corrected chi connectivity index (χ2v) is 9.69. The van der Waals surface area contributed by atoms with Gasteiger partial charge in [0.25, 0.3) is 5.91 Å². The number of phenols is 1. The van der Waals surface area contributed by atoms with Crippen LogP contribution in [0.4, 0.5) is 5.69 Å². The zero-order valence-corrected chi connectivity index (χ0v) is 22.5. The first-order valence-electron chi connectivity index (χ1n) is 11.4. The maximum Gasteiger partial charge on any atom is 0.340 e. The molecular formula is C27H24Cl2N2O8. The molecule has 1 unspecified atom stereocenters. The topological polar surface area (TPSA) is 153 Å². The fourth-order valence-electron chi connectivity index (χ4n) is 3.83. The molecule has 1 atom stereocenters. The van der Waals surface area contributed by atoms with Gasteiger partial charge in [-0.1, -0.05) is 35.3 Å². The van der Waals surface area contributed by atoms with Crippen molar-refractivity contribution in [1.82, 2.24) is 4.90 Å². The summed E-state index contributed by atoms with van der Waals surface area (Å²) in [5.41, 5.74) is -0.946. The molecule has 0 aliphatic carbocycles. The minimum atomic E-state index is -1.58. The number of carbonyl (C=O) groups excluding carboxylic acids is 2. The lowest BCUT2D eigenvalue weighted by atomic mass is 10.00. The Bertz CT molecular complexity index is 1470. The van der Waals surface area contributed by atoms with Gasteiger partial charge < -0.3 is 30.3 Å². The van der Waals surface area contributed by atoms with Gasteiger partial charge >= 0.3 is 17.9 Å². The minimum absolute atomic E-state index is 0.0445. The zero-order chi connectivity index (χ0) is 29.0. The minimum Gasteiger partial charge on any atom is -0.507 e. The number of carbonyl (C=O) groups is 4. The molecular weight excluding hydrogens is 551 g/mol. The molecule has 39 heavy (non-hydrogen) atoms. The van der Waals surface area contributed by atoms with Gasteiger partial charge in [-0.25, -0.2) is 14.4 Å². The molecule has 4 N–H and O–H groups in total. The van der Waals surface area contributed by atoms with E-state index >= 15 is 0 Å². The van der Waals surface area contributed by atoms with E-state index in [0.717, 1.165) is 6.07 Å². The third-order valence-corrected chi connectivity index (χ3v) is 6.05. The summed E-state index contributed by atoms with van der Waals surface area (Å²) in [5.74, 6) is -5.77. The maximum absolute atomic E-state index is 13.3. The molecule has 10 nitrogen and oxygen atoms in total. The van der Waals surface area contributed by atoms with Gasteiger partial charge in [-0.15, -0.1) is 0 Å². The number of aromatic hydroxyl groups is 1. The standard InChI is InChI=1S/C27H24Cl2N2O8/c1-13(12-31(2)3)39-27(38)17-6-4-14(16-7-5-15(28)9-21(16)29)8-22(17)30-24(33)18-10-20(26(36)37)23(32)11-19(18)25(34)35/h4-11,13,32H,12H2,1-3H3,(H,30,33)(H,34,35)(H,36,37). The summed E-state index contributed by atoms with van der Waals surface area (Å²) in [6.07, 6.45) is -0.504. The van der Waals surface area contributed by atoms with Gasteiger partial charge in [0, 0.05) is 22.2 Å². The first-order valence-corrected chi connectivity index (χ1v) is 12.1. The number of benzene rings is 3. The van der Waals surface area contributed by atoms with Crippen LogP contribution < -0.4 is 5.32 Å². The molecule has 0 bridgehead atoms. The monoisotopic (exact) mass is 574 g/mol. The average molecular weight is 575 g/mol. The quantitative estimate of drug-likeness (QED) is 0.255. The van der Waals surface area contributed by atoms with Crippen LogP contribution in [0.25, 0.3) is 11.1 Å². The van der Waals surface area contributed by atoms with Gasteiger partial charge in [0.1, 0.15) is 17.4 Å². The van der Waals surface area contributed by atoms with Crippen LogP contribution in [0.2, 0.25) is 10.0 Å². The predicted molar refractivity (Wildman–Crippen MR) is 145 cm³/mol. The second kappa shape index (κ2) is 12.2. The summed E-state index contributed by atoms with van der Waals surface area (Å²) in [5, 5.41) is 32.0. The van der Waals surface area contributed by atoms with Gasteiger partial charge in [0.05, 0.1) is 22.4 Å². The van der Waals surface area contributed by atoms with E-state index in [1.54, 1.807) is 25.1 Å². The lowest BCUT2D eigenvalue weighted by Crippen LogP contribution is -2.28. The molecule has 0 radical (unpaired) electrons. The zero-order valence-electron chi connectivity index (χ0n) is 21.0. The molecule has 0 aromatic heterocycles. The van der Waals surface area contributed by atoms with Crippen LogP contribution in [-0.2, 0) is 4.74 Å². The molecule has 0 saturated carbocycles. The molecule has 3 aromatic carbocycles. The molecule has 1 amide bonds. The summed E-state index contributed by atoms with van der Waals surface area (Å²) in [6.45, 7) is 2.13. The number of rotatable bonds is 9. The number of hydrogen-bond acceptors (Lipinski definition) is 7. The Morgan fingerprint density at radius 1 is 0.897 bits per heavy atom. The number of esters is 1. The van der Waals surface area contributed by atoms with Crippen molar-refractivity contribution in [2.45, 2.75) is 13.0 Å². The van der Waals surface area contributed by atoms with Crippen molar-refractivity contribution in [3.8, 4) is 16.9 Å². The van der Waals surface area contributed by atoms with E-state index in [-0.39, 0.29) is 11.3 Å². The number of nitrogens with zero attached hydrogens (tertiary/aromatic N) is 1. The Morgan fingerprint density at radius 3 is 2.15 bits per heavy atom. The van der Waals surface area contributed by atoms with Crippen molar-refractivity contribution in [3.63, 3.8) is 0 Å². The molecule has 0 aliphatic heterocycles. The van der Waals surface area contributed by atoms with Crippen molar-refractivity contribution in [1.29, 1.82) is 0 Å². The molecule has 204 valence electrons. The fourth-order valence-corrected chi connectivity index (χ4v) is 4.35. The smallest absolute Gasteiger partial charge is 0.340 e. The Hall–Kier alpha value is -4.12. The summed E-state index contributed by atoms with van der Waals surface area (Å²) in [4.78, 5) is 51.4. The number of nitrogens with one attached hydrogen (secondary N) is 1.